The number of amides is 1. The van der Waals surface area contributed by atoms with Gasteiger partial charge in [0.05, 0.1) is 6.54 Å². The molecule has 3 nitrogen and oxygen atoms in total. The van der Waals surface area contributed by atoms with Crippen LogP contribution < -0.4 is 10.6 Å². The monoisotopic (exact) mass is 200 g/mol. The quantitative estimate of drug-likeness (QED) is 0.652. The first-order chi connectivity index (χ1) is 6.56. The van der Waals surface area contributed by atoms with Gasteiger partial charge in [-0.25, -0.2) is 0 Å². The molecule has 0 aliphatic rings. The molecule has 0 bridgehead atoms. The van der Waals surface area contributed by atoms with Gasteiger partial charge >= 0.3 is 0 Å². The number of carbonyl (C=O) groups excluding carboxylic acids is 1. The zero-order chi connectivity index (χ0) is 11.0. The van der Waals surface area contributed by atoms with Crippen LogP contribution in [0.2, 0.25) is 0 Å². The fourth-order valence-corrected chi connectivity index (χ4v) is 0.957. The molecule has 0 aromatic carbocycles. The molecule has 0 aliphatic heterocycles. The Morgan fingerprint density at radius 2 is 1.86 bits per heavy atom. The summed E-state index contributed by atoms with van der Waals surface area (Å²) in [6, 6.07) is 0. The molecule has 1 atom stereocenters. The highest BCUT2D eigenvalue weighted by atomic mass is 16.1. The van der Waals surface area contributed by atoms with Crippen molar-refractivity contribution in [3.8, 4) is 0 Å². The lowest BCUT2D eigenvalue weighted by Gasteiger charge is -2.11. The first-order valence-electron chi connectivity index (χ1n) is 5.53. The average Bonchev–Trinajstić information content (AvgIpc) is 2.14. The molecule has 0 fully saturated rings. The van der Waals surface area contributed by atoms with Crippen molar-refractivity contribution in [1.29, 1.82) is 0 Å². The maximum absolute atomic E-state index is 11.2. The Bertz CT molecular complexity index is 157. The van der Waals surface area contributed by atoms with Crippen LogP contribution in [0, 0.1) is 11.8 Å². The second-order valence-corrected chi connectivity index (χ2v) is 4.34. The van der Waals surface area contributed by atoms with Gasteiger partial charge in [-0.2, -0.15) is 0 Å². The number of carbonyl (C=O) groups is 1. The van der Waals surface area contributed by atoms with E-state index in [-0.39, 0.29) is 5.91 Å². The van der Waals surface area contributed by atoms with Crippen molar-refractivity contribution in [2.75, 3.05) is 19.6 Å². The van der Waals surface area contributed by atoms with E-state index in [9.17, 15) is 4.79 Å². The Kier molecular flexibility index (Phi) is 7.48. The van der Waals surface area contributed by atoms with Crippen molar-refractivity contribution < 1.29 is 4.79 Å². The van der Waals surface area contributed by atoms with Gasteiger partial charge in [-0.15, -0.1) is 0 Å². The van der Waals surface area contributed by atoms with Crippen molar-refractivity contribution in [2.24, 2.45) is 11.8 Å². The average molecular weight is 200 g/mol. The predicted molar refractivity (Wildman–Crippen MR) is 60.2 cm³/mol. The molecular weight excluding hydrogens is 176 g/mol. The minimum atomic E-state index is 0.0991. The molecule has 14 heavy (non-hydrogen) atoms. The molecule has 0 saturated carbocycles. The van der Waals surface area contributed by atoms with Crippen LogP contribution in [0.25, 0.3) is 0 Å². The van der Waals surface area contributed by atoms with Crippen LogP contribution in [-0.4, -0.2) is 25.5 Å². The number of rotatable bonds is 7. The van der Waals surface area contributed by atoms with E-state index in [0.29, 0.717) is 18.4 Å². The van der Waals surface area contributed by atoms with Gasteiger partial charge in [-0.3, -0.25) is 4.79 Å². The van der Waals surface area contributed by atoms with Gasteiger partial charge < -0.3 is 10.6 Å². The third-order valence-electron chi connectivity index (χ3n) is 2.18. The Hall–Kier alpha value is -0.570. The van der Waals surface area contributed by atoms with Gasteiger partial charge in [0.15, 0.2) is 0 Å². The van der Waals surface area contributed by atoms with Crippen LogP contribution in [0.5, 0.6) is 0 Å². The van der Waals surface area contributed by atoms with Crippen molar-refractivity contribution >= 4 is 5.91 Å². The SMILES string of the molecule is CCC(C)CNCC(=O)NCC(C)C. The zero-order valence-electron chi connectivity index (χ0n) is 9.89. The summed E-state index contributed by atoms with van der Waals surface area (Å²) >= 11 is 0. The lowest BCUT2D eigenvalue weighted by atomic mass is 10.1. The molecule has 0 rings (SSSR count). The molecule has 0 aromatic rings. The number of hydrogen-bond donors (Lipinski definition) is 2. The van der Waals surface area contributed by atoms with E-state index in [2.05, 4.69) is 38.3 Å². The maximum atomic E-state index is 11.2. The van der Waals surface area contributed by atoms with Crippen LogP contribution in [-0.2, 0) is 4.79 Å². The van der Waals surface area contributed by atoms with E-state index in [4.69, 9.17) is 0 Å². The van der Waals surface area contributed by atoms with Crippen molar-refractivity contribution in [1.82, 2.24) is 10.6 Å². The topological polar surface area (TPSA) is 41.1 Å². The fraction of sp³-hybridized carbons (Fsp3) is 0.909. The summed E-state index contributed by atoms with van der Waals surface area (Å²) in [6.45, 7) is 10.6. The minimum Gasteiger partial charge on any atom is -0.355 e. The molecule has 0 radical (unpaired) electrons. The van der Waals surface area contributed by atoms with Gasteiger partial charge in [0, 0.05) is 6.54 Å². The summed E-state index contributed by atoms with van der Waals surface area (Å²) in [6.07, 6.45) is 1.15. The number of hydrogen-bond acceptors (Lipinski definition) is 2. The molecule has 84 valence electrons. The third kappa shape index (κ3) is 8.05. The lowest BCUT2D eigenvalue weighted by Crippen LogP contribution is -2.37. The maximum Gasteiger partial charge on any atom is 0.233 e. The van der Waals surface area contributed by atoms with Gasteiger partial charge in [0.25, 0.3) is 0 Å². The van der Waals surface area contributed by atoms with E-state index >= 15 is 0 Å². The van der Waals surface area contributed by atoms with E-state index < -0.39 is 0 Å². The standard InChI is InChI=1S/C11H24N2O/c1-5-10(4)7-12-8-11(14)13-6-9(2)3/h9-10,12H,5-8H2,1-4H3,(H,13,14). The smallest absolute Gasteiger partial charge is 0.233 e. The molecular formula is C11H24N2O. The van der Waals surface area contributed by atoms with Gasteiger partial charge in [0.1, 0.15) is 0 Å². The van der Waals surface area contributed by atoms with Crippen LogP contribution in [0.1, 0.15) is 34.1 Å². The molecule has 0 aliphatic carbocycles. The predicted octanol–water partition coefficient (Wildman–Crippen LogP) is 1.39. The summed E-state index contributed by atoms with van der Waals surface area (Å²) in [5.74, 6) is 1.27. The fourth-order valence-electron chi connectivity index (χ4n) is 0.957. The minimum absolute atomic E-state index is 0.0991. The van der Waals surface area contributed by atoms with Crippen LogP contribution in [0.4, 0.5) is 0 Å². The lowest BCUT2D eigenvalue weighted by molar-refractivity contribution is -0.120. The van der Waals surface area contributed by atoms with Gasteiger partial charge in [0.2, 0.25) is 5.91 Å². The van der Waals surface area contributed by atoms with Crippen LogP contribution in [0.15, 0.2) is 0 Å². The first-order valence-corrected chi connectivity index (χ1v) is 5.53. The Labute approximate surface area is 87.6 Å². The van der Waals surface area contributed by atoms with Crippen LogP contribution >= 0.6 is 0 Å². The molecule has 0 heterocycles. The first kappa shape index (κ1) is 13.4. The summed E-state index contributed by atoms with van der Waals surface area (Å²) in [5, 5.41) is 6.02. The molecule has 0 spiro atoms. The molecule has 0 aromatic heterocycles. The molecule has 1 unspecified atom stereocenters. The zero-order valence-corrected chi connectivity index (χ0v) is 9.89. The third-order valence-corrected chi connectivity index (χ3v) is 2.18. The molecule has 0 saturated heterocycles. The highest BCUT2D eigenvalue weighted by Gasteiger charge is 2.02. The largest absolute Gasteiger partial charge is 0.355 e. The van der Waals surface area contributed by atoms with E-state index in [1.54, 1.807) is 0 Å². The molecule has 2 N–H and O–H groups in total. The Morgan fingerprint density at radius 3 is 2.36 bits per heavy atom. The molecule has 1 amide bonds. The van der Waals surface area contributed by atoms with Crippen LogP contribution in [0.3, 0.4) is 0 Å². The van der Waals surface area contributed by atoms with Crippen molar-refractivity contribution in [3.63, 3.8) is 0 Å². The second kappa shape index (κ2) is 7.80. The van der Waals surface area contributed by atoms with Crippen molar-refractivity contribution in [2.45, 2.75) is 34.1 Å². The summed E-state index contributed by atoms with van der Waals surface area (Å²) < 4.78 is 0. The summed E-state index contributed by atoms with van der Waals surface area (Å²) in [7, 11) is 0. The Balaban J connectivity index is 3.35. The van der Waals surface area contributed by atoms with Gasteiger partial charge in [-0.05, 0) is 18.4 Å². The molecule has 3 heteroatoms. The van der Waals surface area contributed by atoms with E-state index in [0.717, 1.165) is 19.5 Å². The highest BCUT2D eigenvalue weighted by molar-refractivity contribution is 5.77. The van der Waals surface area contributed by atoms with E-state index in [1.807, 2.05) is 0 Å². The summed E-state index contributed by atoms with van der Waals surface area (Å²) in [4.78, 5) is 11.2. The Morgan fingerprint density at radius 1 is 1.21 bits per heavy atom. The highest BCUT2D eigenvalue weighted by Crippen LogP contribution is 1.96. The van der Waals surface area contributed by atoms with E-state index in [1.165, 1.54) is 0 Å². The van der Waals surface area contributed by atoms with Gasteiger partial charge in [-0.1, -0.05) is 34.1 Å². The summed E-state index contributed by atoms with van der Waals surface area (Å²) in [5.41, 5.74) is 0. The number of nitrogens with one attached hydrogen (secondary N) is 2. The normalized spacial score (nSPS) is 12.9. The second-order valence-electron chi connectivity index (χ2n) is 4.34. The van der Waals surface area contributed by atoms with Crippen molar-refractivity contribution in [3.05, 3.63) is 0 Å².